The number of carbonyl (C=O) groups is 2. The van der Waals surface area contributed by atoms with Crippen molar-refractivity contribution in [1.29, 1.82) is 0 Å². The lowest BCUT2D eigenvalue weighted by atomic mass is 10.00. The monoisotopic (exact) mass is 506 g/mol. The van der Waals surface area contributed by atoms with Crippen LogP contribution in [0.4, 0.5) is 19.3 Å². The summed E-state index contributed by atoms with van der Waals surface area (Å²) in [7, 11) is 1.45. The molecule has 0 fully saturated rings. The number of nitrogens with one attached hydrogen (secondary N) is 2. The van der Waals surface area contributed by atoms with E-state index in [0.717, 1.165) is 18.2 Å². The molecular formula is C25H28F2N2O7. The lowest BCUT2D eigenvalue weighted by molar-refractivity contribution is -0.124. The molecule has 0 saturated heterocycles. The SMILES string of the molecule is CO[C@@H](CC/C=C/C=C/C(=O)NO)[C@@H](OC(=O)Nc1ccc(F)cc1F)c1ccc(OCCO)cc1. The number of allylic oxidation sites excluding steroid dienone is 3. The van der Waals surface area contributed by atoms with Gasteiger partial charge < -0.3 is 19.3 Å². The minimum atomic E-state index is -0.971. The van der Waals surface area contributed by atoms with Crippen LogP contribution in [-0.2, 0) is 14.3 Å². The van der Waals surface area contributed by atoms with E-state index in [1.807, 2.05) is 0 Å². The molecule has 0 spiro atoms. The fraction of sp³-hybridized carbons (Fsp3) is 0.280. The zero-order valence-corrected chi connectivity index (χ0v) is 19.5. The fourth-order valence-electron chi connectivity index (χ4n) is 3.13. The maximum Gasteiger partial charge on any atom is 0.412 e. The summed E-state index contributed by atoms with van der Waals surface area (Å²) >= 11 is 0. The smallest absolute Gasteiger partial charge is 0.412 e. The van der Waals surface area contributed by atoms with Crippen LogP contribution in [-0.4, -0.2) is 48.7 Å². The highest BCUT2D eigenvalue weighted by atomic mass is 19.1. The Morgan fingerprint density at radius 1 is 1.11 bits per heavy atom. The van der Waals surface area contributed by atoms with Gasteiger partial charge in [-0.1, -0.05) is 30.4 Å². The van der Waals surface area contributed by atoms with Crippen molar-refractivity contribution < 1.29 is 42.9 Å². The Hall–Kier alpha value is -3.80. The molecule has 194 valence electrons. The standard InChI is InChI=1S/C25H28F2N2O7/c1-34-22(6-4-2-3-5-7-23(31)29-33)24(17-8-11-19(12-9-17)35-15-14-30)36-25(32)28-21-13-10-18(26)16-20(21)27/h2-3,5,7-13,16,22,24,30,33H,4,6,14-15H2,1H3,(H,28,32)(H,29,31)/b3-2+,7-5+/t22-,24-/m0/s1. The largest absolute Gasteiger partial charge is 0.491 e. The molecule has 0 aliphatic rings. The number of aliphatic hydroxyl groups excluding tert-OH is 1. The van der Waals surface area contributed by atoms with Gasteiger partial charge >= 0.3 is 6.09 Å². The summed E-state index contributed by atoms with van der Waals surface area (Å²) in [4.78, 5) is 23.6. The highest BCUT2D eigenvalue weighted by Crippen LogP contribution is 2.29. The van der Waals surface area contributed by atoms with E-state index < -0.39 is 35.8 Å². The molecule has 0 heterocycles. The molecule has 2 amide bonds. The second kappa shape index (κ2) is 15.2. The summed E-state index contributed by atoms with van der Waals surface area (Å²) < 4.78 is 43.6. The number of aliphatic hydroxyl groups is 1. The maximum atomic E-state index is 14.0. The van der Waals surface area contributed by atoms with Crippen molar-refractivity contribution in [3.05, 3.63) is 84.0 Å². The van der Waals surface area contributed by atoms with Gasteiger partial charge in [-0.25, -0.2) is 19.1 Å². The zero-order valence-electron chi connectivity index (χ0n) is 19.5. The Kier molecular flexibility index (Phi) is 12.0. The Morgan fingerprint density at radius 2 is 1.86 bits per heavy atom. The van der Waals surface area contributed by atoms with Crippen molar-refractivity contribution in [2.24, 2.45) is 0 Å². The first-order valence-electron chi connectivity index (χ1n) is 10.9. The number of methoxy groups -OCH3 is 1. The average Bonchev–Trinajstić information content (AvgIpc) is 2.88. The number of hydrogen-bond acceptors (Lipinski definition) is 7. The predicted octanol–water partition coefficient (Wildman–Crippen LogP) is 4.04. The third-order valence-electron chi connectivity index (χ3n) is 4.83. The summed E-state index contributed by atoms with van der Waals surface area (Å²) in [6.07, 6.45) is 4.32. The Morgan fingerprint density at radius 3 is 2.50 bits per heavy atom. The van der Waals surface area contributed by atoms with E-state index in [2.05, 4.69) is 5.32 Å². The molecule has 2 aromatic rings. The van der Waals surface area contributed by atoms with Crippen LogP contribution in [0.25, 0.3) is 0 Å². The van der Waals surface area contributed by atoms with Crippen LogP contribution in [0.1, 0.15) is 24.5 Å². The van der Waals surface area contributed by atoms with Crippen molar-refractivity contribution in [2.75, 3.05) is 25.6 Å². The lowest BCUT2D eigenvalue weighted by Crippen LogP contribution is -2.28. The summed E-state index contributed by atoms with van der Waals surface area (Å²) in [5.41, 5.74) is 1.80. The molecule has 2 rings (SSSR count). The molecule has 36 heavy (non-hydrogen) atoms. The molecule has 4 N–H and O–H groups in total. The first kappa shape index (κ1) is 28.4. The van der Waals surface area contributed by atoms with Gasteiger partial charge in [0.2, 0.25) is 0 Å². The normalized spacial score (nSPS) is 12.9. The van der Waals surface area contributed by atoms with Gasteiger partial charge in [0.05, 0.1) is 18.4 Å². The second-order valence-corrected chi connectivity index (χ2v) is 7.33. The van der Waals surface area contributed by atoms with Crippen LogP contribution in [0, 0.1) is 11.6 Å². The number of amides is 2. The van der Waals surface area contributed by atoms with E-state index in [-0.39, 0.29) is 18.9 Å². The molecule has 0 aromatic heterocycles. The van der Waals surface area contributed by atoms with Gasteiger partial charge in [-0.3, -0.25) is 15.3 Å². The first-order chi connectivity index (χ1) is 17.4. The highest BCUT2D eigenvalue weighted by Gasteiger charge is 2.27. The van der Waals surface area contributed by atoms with Crippen LogP contribution >= 0.6 is 0 Å². The van der Waals surface area contributed by atoms with Crippen LogP contribution < -0.4 is 15.5 Å². The van der Waals surface area contributed by atoms with Gasteiger partial charge in [0.25, 0.3) is 5.91 Å². The van der Waals surface area contributed by atoms with Crippen LogP contribution in [0.2, 0.25) is 0 Å². The van der Waals surface area contributed by atoms with Crippen molar-refractivity contribution in [2.45, 2.75) is 25.0 Å². The molecular weight excluding hydrogens is 478 g/mol. The third-order valence-corrected chi connectivity index (χ3v) is 4.83. The fourth-order valence-corrected chi connectivity index (χ4v) is 3.13. The van der Waals surface area contributed by atoms with Gasteiger partial charge in [0.15, 0.2) is 6.10 Å². The second-order valence-electron chi connectivity index (χ2n) is 7.33. The number of carbonyl (C=O) groups excluding carboxylic acids is 2. The molecule has 11 heteroatoms. The molecule has 9 nitrogen and oxygen atoms in total. The van der Waals surface area contributed by atoms with Gasteiger partial charge in [-0.15, -0.1) is 0 Å². The number of rotatable bonds is 13. The molecule has 2 aromatic carbocycles. The van der Waals surface area contributed by atoms with E-state index >= 15 is 0 Å². The minimum absolute atomic E-state index is 0.117. The van der Waals surface area contributed by atoms with Crippen LogP contribution in [0.3, 0.4) is 0 Å². The lowest BCUT2D eigenvalue weighted by Gasteiger charge is -2.26. The number of halogens is 2. The number of hydrogen-bond donors (Lipinski definition) is 4. The summed E-state index contributed by atoms with van der Waals surface area (Å²) in [6.45, 7) is -0.0287. The van der Waals surface area contributed by atoms with E-state index in [4.69, 9.17) is 24.5 Å². The topological polar surface area (TPSA) is 126 Å². The van der Waals surface area contributed by atoms with Crippen LogP contribution in [0.15, 0.2) is 66.8 Å². The van der Waals surface area contributed by atoms with E-state index in [9.17, 15) is 18.4 Å². The number of hydroxylamine groups is 1. The molecule has 0 saturated carbocycles. The highest BCUT2D eigenvalue weighted by molar-refractivity contribution is 5.86. The predicted molar refractivity (Wildman–Crippen MR) is 126 cm³/mol. The van der Waals surface area contributed by atoms with E-state index in [1.54, 1.807) is 36.4 Å². The van der Waals surface area contributed by atoms with E-state index in [0.29, 0.717) is 30.2 Å². The zero-order chi connectivity index (χ0) is 26.3. The Bertz CT molecular complexity index is 1050. The third kappa shape index (κ3) is 9.45. The Labute approximate surface area is 206 Å². The van der Waals surface area contributed by atoms with Crippen molar-refractivity contribution in [3.8, 4) is 5.75 Å². The molecule has 0 aliphatic carbocycles. The summed E-state index contributed by atoms with van der Waals surface area (Å²) in [5, 5.41) is 19.6. The average molecular weight is 507 g/mol. The molecule has 2 atom stereocenters. The Balaban J connectivity index is 2.16. The molecule has 0 unspecified atom stereocenters. The van der Waals surface area contributed by atoms with Gasteiger partial charge in [0, 0.05) is 19.3 Å². The van der Waals surface area contributed by atoms with Gasteiger partial charge in [0.1, 0.15) is 24.0 Å². The van der Waals surface area contributed by atoms with Crippen molar-refractivity contribution in [3.63, 3.8) is 0 Å². The number of anilines is 1. The molecule has 0 aliphatic heterocycles. The van der Waals surface area contributed by atoms with Crippen molar-refractivity contribution in [1.82, 2.24) is 5.48 Å². The van der Waals surface area contributed by atoms with Crippen molar-refractivity contribution >= 4 is 17.7 Å². The summed E-state index contributed by atoms with van der Waals surface area (Å²) in [6, 6.07) is 9.34. The number of benzene rings is 2. The maximum absolute atomic E-state index is 14.0. The quantitative estimate of drug-likeness (QED) is 0.140. The minimum Gasteiger partial charge on any atom is -0.491 e. The molecule has 0 bridgehead atoms. The van der Waals surface area contributed by atoms with Gasteiger partial charge in [-0.05, 0) is 42.7 Å². The van der Waals surface area contributed by atoms with Gasteiger partial charge in [-0.2, -0.15) is 0 Å². The molecule has 0 radical (unpaired) electrons. The summed E-state index contributed by atoms with van der Waals surface area (Å²) in [5.74, 6) is -1.91. The number of ether oxygens (including phenoxy) is 3. The van der Waals surface area contributed by atoms with Crippen LogP contribution in [0.5, 0.6) is 5.75 Å². The van der Waals surface area contributed by atoms with E-state index in [1.165, 1.54) is 18.7 Å². The first-order valence-corrected chi connectivity index (χ1v) is 10.9.